The maximum atomic E-state index is 12.6. The van der Waals surface area contributed by atoms with E-state index in [9.17, 15) is 22.8 Å². The van der Waals surface area contributed by atoms with E-state index in [-0.39, 0.29) is 23.2 Å². The van der Waals surface area contributed by atoms with Crippen molar-refractivity contribution >= 4 is 33.1 Å². The van der Waals surface area contributed by atoms with Crippen LogP contribution in [0.4, 0.5) is 5.69 Å². The van der Waals surface area contributed by atoms with E-state index in [1.165, 1.54) is 6.20 Å². The lowest BCUT2D eigenvalue weighted by Crippen LogP contribution is -2.42. The van der Waals surface area contributed by atoms with Gasteiger partial charge in [-0.05, 0) is 19.8 Å². The molecule has 0 radical (unpaired) electrons. The molecule has 2 aromatic heterocycles. The van der Waals surface area contributed by atoms with Crippen molar-refractivity contribution in [2.24, 2.45) is 0 Å². The van der Waals surface area contributed by atoms with Gasteiger partial charge >= 0.3 is 0 Å². The van der Waals surface area contributed by atoms with Crippen LogP contribution in [0.15, 0.2) is 36.7 Å². The maximum absolute atomic E-state index is 12.6. The fraction of sp³-hybridized carbons (Fsp3) is 0.348. The lowest BCUT2D eigenvalue weighted by molar-refractivity contribution is -0.127. The molecule has 2 N–H and O–H groups in total. The van der Waals surface area contributed by atoms with Gasteiger partial charge in [0.2, 0.25) is 5.78 Å². The number of sulfone groups is 1. The van der Waals surface area contributed by atoms with Gasteiger partial charge in [0.05, 0.1) is 35.1 Å². The van der Waals surface area contributed by atoms with Gasteiger partial charge in [0.1, 0.15) is 0 Å². The molecule has 0 aliphatic carbocycles. The van der Waals surface area contributed by atoms with Crippen LogP contribution < -0.4 is 5.32 Å². The van der Waals surface area contributed by atoms with Gasteiger partial charge in [-0.15, -0.1) is 0 Å². The molecule has 4 heterocycles. The molecule has 0 spiro atoms. The van der Waals surface area contributed by atoms with Crippen LogP contribution in [0.1, 0.15) is 56.6 Å². The van der Waals surface area contributed by atoms with Crippen LogP contribution in [0.5, 0.6) is 0 Å². The molecule has 0 unspecified atom stereocenters. The normalized spacial score (nSPS) is 17.2. The van der Waals surface area contributed by atoms with Crippen molar-refractivity contribution < 1.29 is 22.8 Å². The van der Waals surface area contributed by atoms with Crippen molar-refractivity contribution in [1.29, 1.82) is 0 Å². The van der Waals surface area contributed by atoms with E-state index in [2.05, 4.69) is 20.6 Å². The summed E-state index contributed by atoms with van der Waals surface area (Å²) in [5, 5.41) is 13.7. The van der Waals surface area contributed by atoms with E-state index >= 15 is 0 Å². The Morgan fingerprint density at radius 2 is 1.80 bits per heavy atom. The molecule has 0 bridgehead atoms. The predicted molar refractivity (Wildman–Crippen MR) is 125 cm³/mol. The summed E-state index contributed by atoms with van der Waals surface area (Å²) in [5.41, 5.74) is 2.79. The van der Waals surface area contributed by atoms with Crippen molar-refractivity contribution in [2.75, 3.05) is 18.4 Å². The first-order valence-corrected chi connectivity index (χ1v) is 13.0. The van der Waals surface area contributed by atoms with Crippen LogP contribution in [0.2, 0.25) is 0 Å². The number of anilines is 1. The summed E-state index contributed by atoms with van der Waals surface area (Å²) >= 11 is 0. The number of aromatic nitrogens is 4. The lowest BCUT2D eigenvalue weighted by atomic mass is 10.0. The average molecular weight is 497 g/mol. The fourth-order valence-electron chi connectivity index (χ4n) is 4.45. The van der Waals surface area contributed by atoms with E-state index in [1.54, 1.807) is 27.9 Å². The molecule has 3 aromatic rings. The smallest absolute Gasteiger partial charge is 0.294 e. The predicted octanol–water partition coefficient (Wildman–Crippen LogP) is 1.64. The van der Waals surface area contributed by atoms with Crippen molar-refractivity contribution in [3.8, 4) is 0 Å². The molecule has 12 heteroatoms. The molecule has 2 amide bonds. The molecule has 1 fully saturated rings. The van der Waals surface area contributed by atoms with Crippen molar-refractivity contribution in [2.45, 2.75) is 37.3 Å². The van der Waals surface area contributed by atoms with Gasteiger partial charge < -0.3 is 10.2 Å². The quantitative estimate of drug-likeness (QED) is 0.403. The Bertz CT molecular complexity index is 1410. The summed E-state index contributed by atoms with van der Waals surface area (Å²) in [6, 6.07) is 6.96. The summed E-state index contributed by atoms with van der Waals surface area (Å²) < 4.78 is 25.4. The Balaban J connectivity index is 1.18. The molecule has 0 atom stereocenters. The molecule has 2 aliphatic rings. The molecule has 5 rings (SSSR count). The minimum absolute atomic E-state index is 0.0129. The van der Waals surface area contributed by atoms with Gasteiger partial charge in [0, 0.05) is 30.4 Å². The number of nitrogens with zero attached hydrogens (tertiary/aromatic N) is 4. The van der Waals surface area contributed by atoms with E-state index in [0.29, 0.717) is 48.4 Å². The first-order valence-electron chi connectivity index (χ1n) is 11.2. The monoisotopic (exact) mass is 496 g/mol. The van der Waals surface area contributed by atoms with Crippen LogP contribution in [-0.2, 0) is 26.1 Å². The molecule has 1 saturated heterocycles. The van der Waals surface area contributed by atoms with Gasteiger partial charge in [-0.25, -0.2) is 8.42 Å². The van der Waals surface area contributed by atoms with Gasteiger partial charge in [-0.1, -0.05) is 29.8 Å². The molecule has 11 nitrogen and oxygen atoms in total. The molecule has 1 aromatic carbocycles. The van der Waals surface area contributed by atoms with Crippen molar-refractivity contribution in [3.05, 3.63) is 64.7 Å². The number of aryl methyl sites for hydroxylation is 1. The molecule has 2 aliphatic heterocycles. The first kappa shape index (κ1) is 23.0. The maximum Gasteiger partial charge on any atom is 0.294 e. The molecule has 35 heavy (non-hydrogen) atoms. The summed E-state index contributed by atoms with van der Waals surface area (Å²) in [4.78, 5) is 39.4. The van der Waals surface area contributed by atoms with Gasteiger partial charge in [0.15, 0.2) is 15.5 Å². The number of benzene rings is 1. The highest BCUT2D eigenvalue weighted by Gasteiger charge is 2.32. The first-order chi connectivity index (χ1) is 16.7. The number of hydrogen-bond donors (Lipinski definition) is 2. The highest BCUT2D eigenvalue weighted by molar-refractivity contribution is 7.90. The Kier molecular flexibility index (Phi) is 5.75. The van der Waals surface area contributed by atoms with E-state index in [1.807, 2.05) is 19.1 Å². The number of nitrogens with one attached hydrogen (secondary N) is 2. The number of rotatable bonds is 5. The largest absolute Gasteiger partial charge is 0.336 e. The van der Waals surface area contributed by atoms with Crippen LogP contribution in [0.3, 0.4) is 0 Å². The summed E-state index contributed by atoms with van der Waals surface area (Å²) in [7, 11) is -3.25. The number of fused-ring (bicyclic) bond motifs is 1. The number of likely N-dealkylation sites (tertiary alicyclic amines) is 1. The number of hydrogen-bond acceptors (Lipinski definition) is 7. The number of Topliss-reactive ketones (excluding diaryl/α,β-unsaturated/α-hetero) is 1. The standard InChI is InChI=1S/C23H24N6O5S/c1-14-2-4-15(5-3-14)21(30)23(32)28-8-6-17(7-9-28)29-11-16(10-24-29)25-22(31)20-18-12-35(33,34)13-19(18)26-27-20/h2-5,10-11,17H,6-9,12-13H2,1H3,(H,25,31)(H,26,27). The van der Waals surface area contributed by atoms with Gasteiger partial charge in [0.25, 0.3) is 11.8 Å². The third-order valence-electron chi connectivity index (χ3n) is 6.39. The third-order valence-corrected chi connectivity index (χ3v) is 7.85. The van der Waals surface area contributed by atoms with Crippen LogP contribution in [-0.4, -0.2) is 64.0 Å². The number of piperidine rings is 1. The second-order valence-electron chi connectivity index (χ2n) is 8.94. The highest BCUT2D eigenvalue weighted by atomic mass is 32.2. The number of carbonyl (C=O) groups is 3. The number of amides is 2. The molecular formula is C23H24N6O5S. The fourth-order valence-corrected chi connectivity index (χ4v) is 5.98. The Morgan fingerprint density at radius 1 is 1.09 bits per heavy atom. The zero-order chi connectivity index (χ0) is 24.7. The van der Waals surface area contributed by atoms with E-state index < -0.39 is 27.4 Å². The Hall–Kier alpha value is -3.80. The van der Waals surface area contributed by atoms with Crippen LogP contribution in [0, 0.1) is 6.92 Å². The lowest BCUT2D eigenvalue weighted by Gasteiger charge is -2.31. The number of H-pyrrole nitrogens is 1. The topological polar surface area (TPSA) is 147 Å². The van der Waals surface area contributed by atoms with Crippen molar-refractivity contribution in [3.63, 3.8) is 0 Å². The Labute approximate surface area is 201 Å². The molecule has 182 valence electrons. The minimum Gasteiger partial charge on any atom is -0.336 e. The second-order valence-corrected chi connectivity index (χ2v) is 11.0. The van der Waals surface area contributed by atoms with Crippen LogP contribution >= 0.6 is 0 Å². The zero-order valence-corrected chi connectivity index (χ0v) is 19.8. The van der Waals surface area contributed by atoms with E-state index in [0.717, 1.165) is 5.56 Å². The zero-order valence-electron chi connectivity index (χ0n) is 19.0. The minimum atomic E-state index is -3.25. The SMILES string of the molecule is Cc1ccc(C(=O)C(=O)N2CCC(n3cc(NC(=O)c4n[nH]c5c4CS(=O)(=O)C5)cn3)CC2)cc1. The number of aromatic amines is 1. The molecular weight excluding hydrogens is 472 g/mol. The number of ketones is 1. The average Bonchev–Trinajstić information content (AvgIpc) is 3.52. The summed E-state index contributed by atoms with van der Waals surface area (Å²) in [6.07, 6.45) is 4.44. The molecule has 0 saturated carbocycles. The number of carbonyl (C=O) groups excluding carboxylic acids is 3. The van der Waals surface area contributed by atoms with Gasteiger partial charge in [-0.3, -0.25) is 24.2 Å². The summed E-state index contributed by atoms with van der Waals surface area (Å²) in [5.74, 6) is -1.86. The van der Waals surface area contributed by atoms with E-state index in [4.69, 9.17) is 0 Å². The highest BCUT2D eigenvalue weighted by Crippen LogP contribution is 2.27. The second kappa shape index (κ2) is 8.77. The van der Waals surface area contributed by atoms with Gasteiger partial charge in [-0.2, -0.15) is 10.2 Å². The Morgan fingerprint density at radius 3 is 2.51 bits per heavy atom. The van der Waals surface area contributed by atoms with Crippen molar-refractivity contribution in [1.82, 2.24) is 24.9 Å². The van der Waals surface area contributed by atoms with Crippen LogP contribution in [0.25, 0.3) is 0 Å². The third kappa shape index (κ3) is 4.61. The summed E-state index contributed by atoms with van der Waals surface area (Å²) in [6.45, 7) is 2.77.